The van der Waals surface area contributed by atoms with E-state index >= 15 is 0 Å². The minimum Gasteiger partial charge on any atom is -0.496 e. The summed E-state index contributed by atoms with van der Waals surface area (Å²) in [5.74, 6) is -0.0878. The summed E-state index contributed by atoms with van der Waals surface area (Å²) in [5, 5.41) is 0.753. The van der Waals surface area contributed by atoms with Crippen LogP contribution in [0.15, 0.2) is 72.9 Å². The van der Waals surface area contributed by atoms with Gasteiger partial charge in [0.05, 0.1) is 21.3 Å². The Balaban J connectivity index is 1.74. The molecule has 0 spiro atoms. The maximum Gasteiger partial charge on any atom is 0.343 e. The summed E-state index contributed by atoms with van der Waals surface area (Å²) in [4.78, 5) is 29.9. The van der Waals surface area contributed by atoms with Gasteiger partial charge in [0.1, 0.15) is 11.3 Å². The molecule has 0 bridgehead atoms. The van der Waals surface area contributed by atoms with Crippen molar-refractivity contribution in [2.75, 3.05) is 21.3 Å². The van der Waals surface area contributed by atoms with Crippen LogP contribution in [0.4, 0.5) is 0 Å². The van der Waals surface area contributed by atoms with Gasteiger partial charge in [-0.1, -0.05) is 48.5 Å². The lowest BCUT2D eigenvalue weighted by atomic mass is 9.99. The van der Waals surface area contributed by atoms with Crippen molar-refractivity contribution in [1.82, 2.24) is 4.98 Å². The van der Waals surface area contributed by atoms with E-state index in [2.05, 4.69) is 4.98 Å². The Morgan fingerprint density at radius 2 is 1.39 bits per heavy atom. The number of H-pyrrole nitrogens is 1. The van der Waals surface area contributed by atoms with Crippen molar-refractivity contribution in [2.24, 2.45) is 0 Å². The molecule has 0 unspecified atom stereocenters. The van der Waals surface area contributed by atoms with Crippen molar-refractivity contribution in [3.8, 4) is 17.2 Å². The number of benzene rings is 3. The molecule has 168 valence electrons. The van der Waals surface area contributed by atoms with Gasteiger partial charge in [0.15, 0.2) is 17.6 Å². The average Bonchev–Trinajstić information content (AvgIpc) is 3.30. The number of esters is 1. The molecular weight excluding hydrogens is 422 g/mol. The number of rotatable bonds is 8. The predicted octanol–water partition coefficient (Wildman–Crippen LogP) is 4.97. The number of fused-ring (bicyclic) bond motifs is 1. The van der Waals surface area contributed by atoms with E-state index in [0.29, 0.717) is 22.6 Å². The van der Waals surface area contributed by atoms with Crippen LogP contribution in [0.25, 0.3) is 10.9 Å². The molecule has 0 amide bonds. The predicted molar refractivity (Wildman–Crippen MR) is 123 cm³/mol. The minimum absolute atomic E-state index is 0.114. The molecule has 0 saturated carbocycles. The SMILES string of the molecule is COc1cc(OC)c(C(=O)O[C@H](C(=O)c2c[nH]c3ccccc23)c2ccccc2)cc1OC. The number of aromatic amines is 1. The summed E-state index contributed by atoms with van der Waals surface area (Å²) in [7, 11) is 4.39. The van der Waals surface area contributed by atoms with Gasteiger partial charge in [-0.3, -0.25) is 4.79 Å². The normalized spacial score (nSPS) is 11.6. The molecule has 1 N–H and O–H groups in total. The summed E-state index contributed by atoms with van der Waals surface area (Å²) in [6.45, 7) is 0. The second-order valence-electron chi connectivity index (χ2n) is 7.22. The molecule has 1 heterocycles. The van der Waals surface area contributed by atoms with Gasteiger partial charge in [0.2, 0.25) is 5.78 Å². The molecule has 7 heteroatoms. The first-order chi connectivity index (χ1) is 16.1. The molecule has 3 aromatic carbocycles. The fraction of sp³-hybridized carbons (Fsp3) is 0.154. The van der Waals surface area contributed by atoms with Crippen LogP contribution in [-0.2, 0) is 4.74 Å². The Morgan fingerprint density at radius 3 is 2.09 bits per heavy atom. The molecule has 7 nitrogen and oxygen atoms in total. The van der Waals surface area contributed by atoms with Crippen LogP contribution in [0.5, 0.6) is 17.2 Å². The molecule has 0 fully saturated rings. The van der Waals surface area contributed by atoms with Crippen LogP contribution in [0.1, 0.15) is 32.4 Å². The molecule has 0 radical (unpaired) electrons. The van der Waals surface area contributed by atoms with Crippen LogP contribution in [0.3, 0.4) is 0 Å². The average molecular weight is 445 g/mol. The van der Waals surface area contributed by atoms with E-state index in [1.165, 1.54) is 33.5 Å². The van der Waals surface area contributed by atoms with E-state index in [-0.39, 0.29) is 17.1 Å². The first kappa shape index (κ1) is 22.0. The van der Waals surface area contributed by atoms with Crippen molar-refractivity contribution in [3.05, 3.63) is 89.6 Å². The Hall–Kier alpha value is -4.26. The fourth-order valence-electron chi connectivity index (χ4n) is 3.68. The number of carbonyl (C=O) groups excluding carboxylic acids is 2. The standard InChI is InChI=1S/C26H23NO6/c1-30-21-14-23(32-3)22(31-2)13-18(21)26(29)33-25(16-9-5-4-6-10-16)24(28)19-15-27-20-12-8-7-11-17(19)20/h4-15,25,27H,1-3H3/t25-/m0/s1. The maximum absolute atomic E-state index is 13.6. The fourth-order valence-corrected chi connectivity index (χ4v) is 3.68. The van der Waals surface area contributed by atoms with Crippen molar-refractivity contribution in [3.63, 3.8) is 0 Å². The topological polar surface area (TPSA) is 86.9 Å². The minimum atomic E-state index is -1.16. The third-order valence-corrected chi connectivity index (χ3v) is 5.35. The van der Waals surface area contributed by atoms with Crippen LogP contribution >= 0.6 is 0 Å². The molecular formula is C26H23NO6. The molecule has 33 heavy (non-hydrogen) atoms. The lowest BCUT2D eigenvalue weighted by molar-refractivity contribution is 0.0277. The molecule has 4 aromatic rings. The smallest absolute Gasteiger partial charge is 0.343 e. The molecule has 0 aliphatic carbocycles. The second kappa shape index (κ2) is 9.48. The zero-order valence-electron chi connectivity index (χ0n) is 18.5. The van der Waals surface area contributed by atoms with Gasteiger partial charge < -0.3 is 23.9 Å². The Bertz CT molecular complexity index is 1290. The molecule has 1 aromatic heterocycles. The van der Waals surface area contributed by atoms with Gasteiger partial charge in [-0.25, -0.2) is 4.79 Å². The van der Waals surface area contributed by atoms with Gasteiger partial charge in [0.25, 0.3) is 0 Å². The van der Waals surface area contributed by atoms with Gasteiger partial charge in [-0.15, -0.1) is 0 Å². The number of ether oxygens (including phenoxy) is 4. The summed E-state index contributed by atoms with van der Waals surface area (Å²) < 4.78 is 21.7. The van der Waals surface area contributed by atoms with Crippen molar-refractivity contribution in [1.29, 1.82) is 0 Å². The summed E-state index contributed by atoms with van der Waals surface area (Å²) in [5.41, 5.74) is 1.93. The maximum atomic E-state index is 13.6. The molecule has 0 saturated heterocycles. The molecule has 1 atom stereocenters. The zero-order valence-corrected chi connectivity index (χ0v) is 18.5. The van der Waals surface area contributed by atoms with Crippen LogP contribution in [0, 0.1) is 0 Å². The Morgan fingerprint density at radius 1 is 0.758 bits per heavy atom. The highest BCUT2D eigenvalue weighted by atomic mass is 16.6. The largest absolute Gasteiger partial charge is 0.496 e. The highest BCUT2D eigenvalue weighted by Gasteiger charge is 2.30. The Kier molecular flexibility index (Phi) is 6.31. The number of nitrogens with one attached hydrogen (secondary N) is 1. The first-order valence-corrected chi connectivity index (χ1v) is 10.2. The number of para-hydroxylation sites is 1. The van der Waals surface area contributed by atoms with Crippen molar-refractivity contribution < 1.29 is 28.5 Å². The Labute approximate surface area is 190 Å². The molecule has 4 rings (SSSR count). The number of methoxy groups -OCH3 is 3. The van der Waals surface area contributed by atoms with Gasteiger partial charge in [-0.05, 0) is 6.07 Å². The van der Waals surface area contributed by atoms with Crippen LogP contribution in [-0.4, -0.2) is 38.1 Å². The molecule has 0 aliphatic heterocycles. The number of Topliss-reactive ketones (excluding diaryl/α,β-unsaturated/α-hetero) is 1. The van der Waals surface area contributed by atoms with Gasteiger partial charge >= 0.3 is 5.97 Å². The van der Waals surface area contributed by atoms with E-state index in [4.69, 9.17) is 18.9 Å². The lowest BCUT2D eigenvalue weighted by Gasteiger charge is -2.19. The van der Waals surface area contributed by atoms with Crippen molar-refractivity contribution >= 4 is 22.7 Å². The number of carbonyl (C=O) groups is 2. The van der Waals surface area contributed by atoms with Crippen LogP contribution < -0.4 is 14.2 Å². The van der Waals surface area contributed by atoms with Gasteiger partial charge in [0, 0.05) is 40.4 Å². The quantitative estimate of drug-likeness (QED) is 0.304. The van der Waals surface area contributed by atoms with E-state index in [9.17, 15) is 9.59 Å². The highest BCUT2D eigenvalue weighted by Crippen LogP contribution is 2.36. The summed E-state index contributed by atoms with van der Waals surface area (Å²) >= 11 is 0. The van der Waals surface area contributed by atoms with E-state index in [1.807, 2.05) is 30.3 Å². The zero-order chi connectivity index (χ0) is 23.4. The number of hydrogen-bond acceptors (Lipinski definition) is 6. The lowest BCUT2D eigenvalue weighted by Crippen LogP contribution is -2.20. The number of hydrogen-bond donors (Lipinski definition) is 1. The summed E-state index contributed by atoms with van der Waals surface area (Å²) in [6, 6.07) is 19.4. The number of ketones is 1. The third-order valence-electron chi connectivity index (χ3n) is 5.35. The van der Waals surface area contributed by atoms with Gasteiger partial charge in [-0.2, -0.15) is 0 Å². The molecule has 0 aliphatic rings. The number of aromatic nitrogens is 1. The highest BCUT2D eigenvalue weighted by molar-refractivity contribution is 6.11. The monoisotopic (exact) mass is 445 g/mol. The van der Waals surface area contributed by atoms with Crippen LogP contribution in [0.2, 0.25) is 0 Å². The van der Waals surface area contributed by atoms with E-state index in [1.54, 1.807) is 30.5 Å². The summed E-state index contributed by atoms with van der Waals surface area (Å²) in [6.07, 6.45) is 0.476. The third kappa shape index (κ3) is 4.25. The van der Waals surface area contributed by atoms with E-state index < -0.39 is 12.1 Å². The first-order valence-electron chi connectivity index (χ1n) is 10.2. The van der Waals surface area contributed by atoms with Crippen molar-refractivity contribution in [2.45, 2.75) is 6.10 Å². The van der Waals surface area contributed by atoms with E-state index in [0.717, 1.165) is 10.9 Å². The second-order valence-corrected chi connectivity index (χ2v) is 7.22.